The molecule has 0 aromatic carbocycles. The molecule has 1 unspecified atom stereocenters. The summed E-state index contributed by atoms with van der Waals surface area (Å²) in [4.78, 5) is 7.86. The third-order valence-electron chi connectivity index (χ3n) is 2.83. The first-order valence-corrected chi connectivity index (χ1v) is 6.22. The number of aromatic amines is 1. The van der Waals surface area contributed by atoms with Crippen molar-refractivity contribution in [1.82, 2.24) is 9.97 Å². The van der Waals surface area contributed by atoms with Crippen LogP contribution in [0.3, 0.4) is 0 Å². The maximum absolute atomic E-state index is 5.50. The zero-order chi connectivity index (χ0) is 10.0. The van der Waals surface area contributed by atoms with Gasteiger partial charge in [0.2, 0.25) is 0 Å². The minimum absolute atomic E-state index is 0.261. The summed E-state index contributed by atoms with van der Waals surface area (Å²) in [5.41, 5.74) is 6.93. The molecule has 2 heterocycles. The van der Waals surface area contributed by atoms with E-state index in [1.165, 1.54) is 23.6 Å². The summed E-state index contributed by atoms with van der Waals surface area (Å²) < 4.78 is 0. The summed E-state index contributed by atoms with van der Waals surface area (Å²) in [5, 5.41) is 0. The fourth-order valence-electron chi connectivity index (χ4n) is 1.80. The summed E-state index contributed by atoms with van der Waals surface area (Å²) in [5.74, 6) is 3.58. The molecule has 1 atom stereocenters. The molecular weight excluding hydrogens is 194 g/mol. The molecule has 0 amide bonds. The van der Waals surface area contributed by atoms with Crippen LogP contribution in [0.2, 0.25) is 0 Å². The number of H-pyrrole nitrogens is 1. The fourth-order valence-corrected chi connectivity index (χ4v) is 3.27. The lowest BCUT2D eigenvalue weighted by molar-refractivity contribution is 0.508. The molecule has 1 aromatic rings. The Labute approximate surface area is 88.9 Å². The summed E-state index contributed by atoms with van der Waals surface area (Å²) in [7, 11) is 0. The molecule has 2 rings (SSSR count). The summed E-state index contributed by atoms with van der Waals surface area (Å²) >= 11 is 2.01. The van der Waals surface area contributed by atoms with E-state index in [2.05, 4.69) is 16.9 Å². The van der Waals surface area contributed by atoms with E-state index in [0.717, 1.165) is 12.2 Å². The molecule has 1 saturated heterocycles. The molecule has 0 spiro atoms. The monoisotopic (exact) mass is 211 g/mol. The quantitative estimate of drug-likeness (QED) is 0.792. The number of hydrogen-bond acceptors (Lipinski definition) is 3. The second-order valence-electron chi connectivity index (χ2n) is 4.16. The van der Waals surface area contributed by atoms with Crippen molar-refractivity contribution in [2.24, 2.45) is 5.73 Å². The van der Waals surface area contributed by atoms with Crippen LogP contribution in [0.25, 0.3) is 0 Å². The molecule has 4 heteroatoms. The number of nitrogens with two attached hydrogens (primary N) is 1. The topological polar surface area (TPSA) is 54.7 Å². The Balaban J connectivity index is 2.15. The van der Waals surface area contributed by atoms with E-state index in [1.54, 1.807) is 0 Å². The molecule has 78 valence electrons. The summed E-state index contributed by atoms with van der Waals surface area (Å²) in [6.07, 6.45) is 4.06. The molecule has 0 radical (unpaired) electrons. The Bertz CT molecular complexity index is 302. The van der Waals surface area contributed by atoms with Gasteiger partial charge >= 0.3 is 0 Å². The van der Waals surface area contributed by atoms with E-state index in [1.807, 2.05) is 18.0 Å². The van der Waals surface area contributed by atoms with Crippen LogP contribution in [0, 0.1) is 0 Å². The molecule has 1 fully saturated rings. The highest BCUT2D eigenvalue weighted by Gasteiger charge is 2.33. The van der Waals surface area contributed by atoms with Gasteiger partial charge in [0.25, 0.3) is 0 Å². The molecule has 1 aromatic heterocycles. The van der Waals surface area contributed by atoms with E-state index in [9.17, 15) is 0 Å². The average Bonchev–Trinajstić information content (AvgIpc) is 2.75. The third kappa shape index (κ3) is 1.81. The van der Waals surface area contributed by atoms with Crippen molar-refractivity contribution < 1.29 is 0 Å². The van der Waals surface area contributed by atoms with Gasteiger partial charge in [0.1, 0.15) is 5.82 Å². The molecular formula is C10H17N3S. The maximum Gasteiger partial charge on any atom is 0.113 e. The Kier molecular flexibility index (Phi) is 2.83. The van der Waals surface area contributed by atoms with Gasteiger partial charge < -0.3 is 10.7 Å². The maximum atomic E-state index is 5.50. The smallest absolute Gasteiger partial charge is 0.113 e. The van der Waals surface area contributed by atoms with Gasteiger partial charge in [-0.1, -0.05) is 6.92 Å². The molecule has 1 aliphatic heterocycles. The SMILES string of the molecule is CC1(c2ncc(CCN)[nH]2)CCSC1. The molecule has 3 nitrogen and oxygen atoms in total. The van der Waals surface area contributed by atoms with E-state index in [-0.39, 0.29) is 5.41 Å². The number of hydrogen-bond donors (Lipinski definition) is 2. The predicted molar refractivity (Wildman–Crippen MR) is 60.6 cm³/mol. The number of thioether (sulfide) groups is 1. The van der Waals surface area contributed by atoms with Crippen LogP contribution in [0.4, 0.5) is 0 Å². The highest BCUT2D eigenvalue weighted by molar-refractivity contribution is 7.99. The molecule has 3 N–H and O–H groups in total. The lowest BCUT2D eigenvalue weighted by Crippen LogP contribution is -2.22. The zero-order valence-corrected chi connectivity index (χ0v) is 9.36. The minimum atomic E-state index is 0.261. The second-order valence-corrected chi connectivity index (χ2v) is 5.26. The van der Waals surface area contributed by atoms with Crippen LogP contribution >= 0.6 is 11.8 Å². The number of nitrogens with zero attached hydrogens (tertiary/aromatic N) is 1. The standard InChI is InChI=1S/C10H17N3S/c1-10(3-5-14-7-10)9-12-6-8(13-9)2-4-11/h6H,2-5,7,11H2,1H3,(H,12,13). The Hall–Kier alpha value is -0.480. The predicted octanol–water partition coefficient (Wildman–Crippen LogP) is 1.31. The van der Waals surface area contributed by atoms with E-state index in [0.29, 0.717) is 6.54 Å². The van der Waals surface area contributed by atoms with Gasteiger partial charge in [-0.15, -0.1) is 0 Å². The average molecular weight is 211 g/mol. The molecule has 1 aliphatic rings. The first-order chi connectivity index (χ1) is 6.74. The zero-order valence-electron chi connectivity index (χ0n) is 8.55. The van der Waals surface area contributed by atoms with Gasteiger partial charge in [-0.3, -0.25) is 0 Å². The fraction of sp³-hybridized carbons (Fsp3) is 0.700. The second kappa shape index (κ2) is 3.95. The van der Waals surface area contributed by atoms with Crippen LogP contribution in [0.1, 0.15) is 24.9 Å². The van der Waals surface area contributed by atoms with Crippen LogP contribution in [-0.4, -0.2) is 28.0 Å². The highest BCUT2D eigenvalue weighted by atomic mass is 32.2. The minimum Gasteiger partial charge on any atom is -0.345 e. The Morgan fingerprint density at radius 1 is 1.71 bits per heavy atom. The molecule has 0 aliphatic carbocycles. The highest BCUT2D eigenvalue weighted by Crippen LogP contribution is 2.36. The normalized spacial score (nSPS) is 27.0. The van der Waals surface area contributed by atoms with Crippen molar-refractivity contribution in [2.75, 3.05) is 18.1 Å². The van der Waals surface area contributed by atoms with Gasteiger partial charge in [0, 0.05) is 29.5 Å². The Morgan fingerprint density at radius 3 is 3.21 bits per heavy atom. The molecule has 14 heavy (non-hydrogen) atoms. The first kappa shape index (κ1) is 10.1. The van der Waals surface area contributed by atoms with Crippen molar-refractivity contribution >= 4 is 11.8 Å². The lowest BCUT2D eigenvalue weighted by atomic mass is 9.89. The van der Waals surface area contributed by atoms with E-state index >= 15 is 0 Å². The van der Waals surface area contributed by atoms with E-state index in [4.69, 9.17) is 5.73 Å². The van der Waals surface area contributed by atoms with Crippen LogP contribution in [-0.2, 0) is 11.8 Å². The molecule has 0 saturated carbocycles. The van der Waals surface area contributed by atoms with Crippen molar-refractivity contribution in [3.8, 4) is 0 Å². The van der Waals surface area contributed by atoms with Crippen molar-refractivity contribution in [3.63, 3.8) is 0 Å². The van der Waals surface area contributed by atoms with Crippen molar-refractivity contribution in [2.45, 2.75) is 25.2 Å². The number of aromatic nitrogens is 2. The third-order valence-corrected chi connectivity index (χ3v) is 4.17. The van der Waals surface area contributed by atoms with Gasteiger partial charge in [-0.25, -0.2) is 4.98 Å². The van der Waals surface area contributed by atoms with Crippen LogP contribution in [0.5, 0.6) is 0 Å². The Morgan fingerprint density at radius 2 is 2.57 bits per heavy atom. The lowest BCUT2D eigenvalue weighted by Gasteiger charge is -2.19. The first-order valence-electron chi connectivity index (χ1n) is 5.07. The molecule has 0 bridgehead atoms. The van der Waals surface area contributed by atoms with Crippen molar-refractivity contribution in [3.05, 3.63) is 17.7 Å². The number of imidazole rings is 1. The summed E-state index contributed by atoms with van der Waals surface area (Å²) in [6.45, 7) is 2.98. The summed E-state index contributed by atoms with van der Waals surface area (Å²) in [6, 6.07) is 0. The van der Waals surface area contributed by atoms with Crippen LogP contribution in [0.15, 0.2) is 6.20 Å². The van der Waals surface area contributed by atoms with Gasteiger partial charge in [0.05, 0.1) is 0 Å². The van der Waals surface area contributed by atoms with Crippen molar-refractivity contribution in [1.29, 1.82) is 0 Å². The number of rotatable bonds is 3. The van der Waals surface area contributed by atoms with Crippen LogP contribution < -0.4 is 5.73 Å². The largest absolute Gasteiger partial charge is 0.345 e. The van der Waals surface area contributed by atoms with E-state index < -0.39 is 0 Å². The number of nitrogens with one attached hydrogen (secondary N) is 1. The van der Waals surface area contributed by atoms with Gasteiger partial charge in [-0.05, 0) is 18.7 Å². The van der Waals surface area contributed by atoms with Gasteiger partial charge in [-0.2, -0.15) is 11.8 Å². The van der Waals surface area contributed by atoms with Gasteiger partial charge in [0.15, 0.2) is 0 Å².